The van der Waals surface area contributed by atoms with Gasteiger partial charge in [0, 0.05) is 0 Å². The van der Waals surface area contributed by atoms with Crippen molar-refractivity contribution in [1.29, 1.82) is 5.26 Å². The van der Waals surface area contributed by atoms with Crippen molar-refractivity contribution in [2.75, 3.05) is 13.2 Å². The van der Waals surface area contributed by atoms with Crippen molar-refractivity contribution in [3.8, 4) is 6.07 Å². The Morgan fingerprint density at radius 3 is 2.00 bits per heavy atom. The Hall–Kier alpha value is -1.83. The van der Waals surface area contributed by atoms with Crippen molar-refractivity contribution < 1.29 is 19.1 Å². The number of carbonyl (C=O) groups is 2. The lowest BCUT2D eigenvalue weighted by atomic mass is 9.72. The molecule has 0 saturated heterocycles. The maximum atomic E-state index is 12.2. The molecule has 0 N–H and O–H groups in total. The number of nitriles is 1. The second-order valence-corrected chi connectivity index (χ2v) is 4.00. The molecule has 0 aliphatic carbocycles. The molecule has 1 unspecified atom stereocenters. The van der Waals surface area contributed by atoms with E-state index in [0.29, 0.717) is 6.42 Å². The van der Waals surface area contributed by atoms with E-state index in [1.807, 2.05) is 6.07 Å². The van der Waals surface area contributed by atoms with E-state index in [0.717, 1.165) is 0 Å². The summed E-state index contributed by atoms with van der Waals surface area (Å²) in [6.45, 7) is 8.87. The summed E-state index contributed by atoms with van der Waals surface area (Å²) in [6.07, 6.45) is 1.81. The number of carbonyl (C=O) groups excluding carboxylic acids is 2. The second kappa shape index (κ2) is 8.30. The third kappa shape index (κ3) is 3.57. The molecule has 0 amide bonds. The number of esters is 2. The number of hydrogen-bond donors (Lipinski definition) is 0. The van der Waals surface area contributed by atoms with Gasteiger partial charge in [0.15, 0.2) is 5.41 Å². The SMILES string of the molecule is C=CCC(C(=O)OCC)(C(=O)OCC)C(C#N)CC. The van der Waals surface area contributed by atoms with Gasteiger partial charge in [0.2, 0.25) is 0 Å². The lowest BCUT2D eigenvalue weighted by Gasteiger charge is -2.31. The molecule has 1 atom stereocenters. The van der Waals surface area contributed by atoms with E-state index < -0.39 is 23.3 Å². The van der Waals surface area contributed by atoms with Gasteiger partial charge in [0.05, 0.1) is 25.2 Å². The van der Waals surface area contributed by atoms with E-state index in [2.05, 4.69) is 6.58 Å². The van der Waals surface area contributed by atoms with Crippen molar-refractivity contribution in [2.45, 2.75) is 33.6 Å². The summed E-state index contributed by atoms with van der Waals surface area (Å²) in [7, 11) is 0. The molecule has 19 heavy (non-hydrogen) atoms. The van der Waals surface area contributed by atoms with E-state index in [1.165, 1.54) is 6.08 Å². The molecule has 0 radical (unpaired) electrons. The monoisotopic (exact) mass is 267 g/mol. The Bertz CT molecular complexity index is 352. The fourth-order valence-electron chi connectivity index (χ4n) is 1.97. The van der Waals surface area contributed by atoms with Gasteiger partial charge in [-0.1, -0.05) is 13.0 Å². The molecule has 0 heterocycles. The Labute approximate surface area is 114 Å². The van der Waals surface area contributed by atoms with E-state index in [1.54, 1.807) is 20.8 Å². The molecule has 0 aromatic heterocycles. The summed E-state index contributed by atoms with van der Waals surface area (Å²) in [4.78, 5) is 24.4. The van der Waals surface area contributed by atoms with Crippen LogP contribution in [0.25, 0.3) is 0 Å². The zero-order chi connectivity index (χ0) is 14.9. The average molecular weight is 267 g/mol. The van der Waals surface area contributed by atoms with Crippen LogP contribution in [0.15, 0.2) is 12.7 Å². The Kier molecular flexibility index (Phi) is 7.50. The highest BCUT2D eigenvalue weighted by Crippen LogP contribution is 2.37. The van der Waals surface area contributed by atoms with Crippen LogP contribution in [0.4, 0.5) is 0 Å². The molecule has 5 nitrogen and oxygen atoms in total. The number of nitrogens with zero attached hydrogens (tertiary/aromatic N) is 1. The molecule has 5 heteroatoms. The van der Waals surface area contributed by atoms with Crippen LogP contribution in [0.5, 0.6) is 0 Å². The molecular weight excluding hydrogens is 246 g/mol. The molecule has 0 saturated carbocycles. The normalized spacial score (nSPS) is 12.1. The number of rotatable bonds is 8. The Morgan fingerprint density at radius 2 is 1.74 bits per heavy atom. The largest absolute Gasteiger partial charge is 0.465 e. The minimum atomic E-state index is -1.61. The molecule has 0 aliphatic rings. The lowest BCUT2D eigenvalue weighted by molar-refractivity contribution is -0.175. The van der Waals surface area contributed by atoms with E-state index in [-0.39, 0.29) is 19.6 Å². The lowest BCUT2D eigenvalue weighted by Crippen LogP contribution is -2.47. The molecule has 0 aromatic carbocycles. The predicted octanol–water partition coefficient (Wildman–Crippen LogP) is 2.22. The average Bonchev–Trinajstić information content (AvgIpc) is 2.39. The fraction of sp³-hybridized carbons (Fsp3) is 0.643. The first-order valence-corrected chi connectivity index (χ1v) is 6.39. The standard InChI is InChI=1S/C14H21NO4/c1-5-9-14(11(6-2)10-15,12(16)18-7-3)13(17)19-8-4/h5,11H,1,6-9H2,2-4H3. The molecule has 0 fully saturated rings. The summed E-state index contributed by atoms with van der Waals surface area (Å²) in [5.41, 5.74) is -1.61. The zero-order valence-corrected chi connectivity index (χ0v) is 11.8. The predicted molar refractivity (Wildman–Crippen MR) is 69.9 cm³/mol. The Balaban J connectivity index is 5.72. The van der Waals surface area contributed by atoms with Gasteiger partial charge in [0.25, 0.3) is 0 Å². The van der Waals surface area contributed by atoms with Crippen LogP contribution >= 0.6 is 0 Å². The highest BCUT2D eigenvalue weighted by Gasteiger charge is 2.53. The van der Waals surface area contributed by atoms with E-state index >= 15 is 0 Å². The zero-order valence-electron chi connectivity index (χ0n) is 11.8. The van der Waals surface area contributed by atoms with Crippen LogP contribution in [0.2, 0.25) is 0 Å². The van der Waals surface area contributed by atoms with Gasteiger partial charge in [0.1, 0.15) is 0 Å². The third-order valence-corrected chi connectivity index (χ3v) is 2.90. The van der Waals surface area contributed by atoms with Crippen LogP contribution in [0.1, 0.15) is 33.6 Å². The van der Waals surface area contributed by atoms with E-state index in [4.69, 9.17) is 9.47 Å². The summed E-state index contributed by atoms with van der Waals surface area (Å²) < 4.78 is 9.95. The van der Waals surface area contributed by atoms with Crippen LogP contribution in [0.3, 0.4) is 0 Å². The first kappa shape index (κ1) is 17.2. The van der Waals surface area contributed by atoms with Gasteiger partial charge < -0.3 is 9.47 Å². The van der Waals surface area contributed by atoms with E-state index in [9.17, 15) is 14.9 Å². The summed E-state index contributed by atoms with van der Waals surface area (Å²) >= 11 is 0. The molecular formula is C14H21NO4. The van der Waals surface area contributed by atoms with Gasteiger partial charge >= 0.3 is 11.9 Å². The summed E-state index contributed by atoms with van der Waals surface area (Å²) in [6, 6.07) is 2.01. The molecule has 0 aromatic rings. The fourth-order valence-corrected chi connectivity index (χ4v) is 1.97. The molecule has 0 bridgehead atoms. The second-order valence-electron chi connectivity index (χ2n) is 4.00. The van der Waals surface area contributed by atoms with Crippen LogP contribution in [-0.2, 0) is 19.1 Å². The van der Waals surface area contributed by atoms with Crippen molar-refractivity contribution in [1.82, 2.24) is 0 Å². The molecule has 0 spiro atoms. The van der Waals surface area contributed by atoms with Gasteiger partial charge in [-0.2, -0.15) is 5.26 Å². The first-order chi connectivity index (χ1) is 9.04. The van der Waals surface area contributed by atoms with Gasteiger partial charge in [-0.3, -0.25) is 9.59 Å². The number of hydrogen-bond acceptors (Lipinski definition) is 5. The highest BCUT2D eigenvalue weighted by molar-refractivity contribution is 6.01. The smallest absolute Gasteiger partial charge is 0.325 e. The van der Waals surface area contributed by atoms with Gasteiger partial charge in [-0.05, 0) is 26.7 Å². The van der Waals surface area contributed by atoms with Crippen molar-refractivity contribution in [2.24, 2.45) is 11.3 Å². The number of allylic oxidation sites excluding steroid dienone is 1. The van der Waals surface area contributed by atoms with Crippen LogP contribution in [0, 0.1) is 22.7 Å². The van der Waals surface area contributed by atoms with Gasteiger partial charge in [-0.25, -0.2) is 0 Å². The molecule has 0 rings (SSSR count). The topological polar surface area (TPSA) is 76.4 Å². The van der Waals surface area contributed by atoms with Crippen molar-refractivity contribution in [3.05, 3.63) is 12.7 Å². The highest BCUT2D eigenvalue weighted by atomic mass is 16.6. The van der Waals surface area contributed by atoms with Crippen LogP contribution < -0.4 is 0 Å². The minimum Gasteiger partial charge on any atom is -0.465 e. The first-order valence-electron chi connectivity index (χ1n) is 6.39. The molecule has 106 valence electrons. The van der Waals surface area contributed by atoms with Crippen molar-refractivity contribution >= 4 is 11.9 Å². The van der Waals surface area contributed by atoms with Crippen molar-refractivity contribution in [3.63, 3.8) is 0 Å². The number of ether oxygens (including phenoxy) is 2. The maximum Gasteiger partial charge on any atom is 0.325 e. The quantitative estimate of drug-likeness (QED) is 0.383. The molecule has 0 aliphatic heterocycles. The maximum absolute atomic E-state index is 12.2. The minimum absolute atomic E-state index is 0.0245. The van der Waals surface area contributed by atoms with Gasteiger partial charge in [-0.15, -0.1) is 6.58 Å². The Morgan fingerprint density at radius 1 is 1.26 bits per heavy atom. The summed E-state index contributed by atoms with van der Waals surface area (Å²) in [5, 5.41) is 9.22. The third-order valence-electron chi connectivity index (χ3n) is 2.90. The van der Waals surface area contributed by atoms with Crippen LogP contribution in [-0.4, -0.2) is 25.2 Å². The summed E-state index contributed by atoms with van der Waals surface area (Å²) in [5.74, 6) is -2.24.